The van der Waals surface area contributed by atoms with E-state index in [0.29, 0.717) is 17.2 Å². The van der Waals surface area contributed by atoms with Crippen molar-refractivity contribution in [3.63, 3.8) is 0 Å². The van der Waals surface area contributed by atoms with Gasteiger partial charge in [-0.25, -0.2) is 4.79 Å². The van der Waals surface area contributed by atoms with Gasteiger partial charge in [-0.05, 0) is 71.0 Å². The first-order valence-electron chi connectivity index (χ1n) is 8.98. The van der Waals surface area contributed by atoms with Gasteiger partial charge in [0.25, 0.3) is 0 Å². The maximum absolute atomic E-state index is 12.6. The van der Waals surface area contributed by atoms with Crippen LogP contribution in [-0.2, 0) is 22.4 Å². The van der Waals surface area contributed by atoms with Crippen LogP contribution in [0.25, 0.3) is 0 Å². The van der Waals surface area contributed by atoms with Crippen molar-refractivity contribution in [2.24, 2.45) is 0 Å². The van der Waals surface area contributed by atoms with Gasteiger partial charge in [-0.15, -0.1) is 11.3 Å². The van der Waals surface area contributed by atoms with Gasteiger partial charge in [-0.3, -0.25) is 9.69 Å². The topological polar surface area (TPSA) is 58.6 Å². The van der Waals surface area contributed by atoms with E-state index in [1.54, 1.807) is 11.3 Å². The Hall–Kier alpha value is -1.40. The summed E-state index contributed by atoms with van der Waals surface area (Å²) < 4.78 is 5.24. The van der Waals surface area contributed by atoms with E-state index >= 15 is 0 Å². The minimum absolute atomic E-state index is 0.0268. The summed E-state index contributed by atoms with van der Waals surface area (Å²) in [6, 6.07) is -0.165. The molecule has 1 aromatic rings. The lowest BCUT2D eigenvalue weighted by molar-refractivity contribution is -0.120. The van der Waals surface area contributed by atoms with Gasteiger partial charge in [0, 0.05) is 4.88 Å². The Morgan fingerprint density at radius 2 is 1.92 bits per heavy atom. The Labute approximate surface area is 147 Å². The Morgan fingerprint density at radius 3 is 2.62 bits per heavy atom. The molecule has 0 saturated carbocycles. The number of anilines is 1. The van der Waals surface area contributed by atoms with E-state index < -0.39 is 0 Å². The Bertz CT molecular complexity index is 620. The van der Waals surface area contributed by atoms with E-state index in [2.05, 4.69) is 10.2 Å². The Morgan fingerprint density at radius 1 is 1.21 bits per heavy atom. The van der Waals surface area contributed by atoms with Gasteiger partial charge in [-0.1, -0.05) is 0 Å². The number of nitrogens with one attached hydrogen (secondary N) is 1. The van der Waals surface area contributed by atoms with E-state index in [1.165, 1.54) is 4.88 Å². The number of nitrogens with zero attached hydrogens (tertiary/aromatic N) is 1. The van der Waals surface area contributed by atoms with Gasteiger partial charge in [0.2, 0.25) is 5.91 Å². The average Bonchev–Trinajstić information content (AvgIpc) is 3.21. The molecule has 1 amide bonds. The van der Waals surface area contributed by atoms with Crippen molar-refractivity contribution in [2.45, 2.75) is 58.4 Å². The van der Waals surface area contributed by atoms with Crippen molar-refractivity contribution in [2.75, 3.05) is 25.0 Å². The maximum Gasteiger partial charge on any atom is 0.341 e. The molecule has 1 aliphatic carbocycles. The highest BCUT2D eigenvalue weighted by atomic mass is 32.1. The fraction of sp³-hybridized carbons (Fsp3) is 0.667. The molecule has 1 aromatic heterocycles. The first-order chi connectivity index (χ1) is 11.6. The van der Waals surface area contributed by atoms with Gasteiger partial charge in [0.05, 0.1) is 18.2 Å². The molecule has 1 atom stereocenters. The summed E-state index contributed by atoms with van der Waals surface area (Å²) in [7, 11) is 0. The van der Waals surface area contributed by atoms with Gasteiger partial charge >= 0.3 is 5.97 Å². The van der Waals surface area contributed by atoms with Gasteiger partial charge in [-0.2, -0.15) is 0 Å². The average molecular weight is 350 g/mol. The predicted molar refractivity (Wildman–Crippen MR) is 95.8 cm³/mol. The van der Waals surface area contributed by atoms with E-state index in [4.69, 9.17) is 4.74 Å². The number of carbonyl (C=O) groups is 2. The number of amides is 1. The fourth-order valence-corrected chi connectivity index (χ4v) is 4.86. The molecule has 0 spiro atoms. The molecule has 0 aromatic carbocycles. The zero-order chi connectivity index (χ0) is 17.1. The molecule has 132 valence electrons. The molecule has 1 N–H and O–H groups in total. The van der Waals surface area contributed by atoms with E-state index in [9.17, 15) is 9.59 Å². The second-order valence-corrected chi connectivity index (χ2v) is 7.65. The van der Waals surface area contributed by atoms with E-state index in [1.807, 2.05) is 13.8 Å². The molecular weight excluding hydrogens is 324 g/mol. The quantitative estimate of drug-likeness (QED) is 0.829. The first-order valence-corrected chi connectivity index (χ1v) is 9.80. The van der Waals surface area contributed by atoms with Crippen molar-refractivity contribution in [1.29, 1.82) is 0 Å². The summed E-state index contributed by atoms with van der Waals surface area (Å²) in [6.07, 6.45) is 6.43. The van der Waals surface area contributed by atoms with Crippen molar-refractivity contribution in [3.8, 4) is 0 Å². The van der Waals surface area contributed by atoms with Gasteiger partial charge in [0.1, 0.15) is 5.00 Å². The lowest BCUT2D eigenvalue weighted by atomic mass is 9.95. The van der Waals surface area contributed by atoms with Crippen LogP contribution in [0.4, 0.5) is 5.00 Å². The van der Waals surface area contributed by atoms with Crippen LogP contribution in [0.15, 0.2) is 0 Å². The number of hydrogen-bond acceptors (Lipinski definition) is 5. The number of carbonyl (C=O) groups excluding carboxylic acids is 2. The third kappa shape index (κ3) is 3.49. The number of ether oxygens (including phenoxy) is 1. The molecule has 5 nitrogen and oxygen atoms in total. The third-order valence-electron chi connectivity index (χ3n) is 4.96. The highest BCUT2D eigenvalue weighted by Crippen LogP contribution is 2.38. The predicted octanol–water partition coefficient (Wildman–Crippen LogP) is 3.23. The largest absolute Gasteiger partial charge is 0.462 e. The van der Waals surface area contributed by atoms with Crippen LogP contribution >= 0.6 is 11.3 Å². The highest BCUT2D eigenvalue weighted by molar-refractivity contribution is 7.17. The minimum atomic E-state index is -0.305. The number of hydrogen-bond donors (Lipinski definition) is 1. The Balaban J connectivity index is 1.82. The monoisotopic (exact) mass is 350 g/mol. The highest BCUT2D eigenvalue weighted by Gasteiger charge is 2.29. The lowest BCUT2D eigenvalue weighted by Crippen LogP contribution is -2.40. The molecule has 3 rings (SSSR count). The zero-order valence-corrected chi connectivity index (χ0v) is 15.3. The summed E-state index contributed by atoms with van der Waals surface area (Å²) in [5.41, 5.74) is 1.69. The number of thiophene rings is 1. The lowest BCUT2D eigenvalue weighted by Gasteiger charge is -2.22. The Kier molecular flexibility index (Phi) is 5.56. The third-order valence-corrected chi connectivity index (χ3v) is 6.16. The van der Waals surface area contributed by atoms with Crippen LogP contribution in [0.3, 0.4) is 0 Å². The number of rotatable bonds is 5. The molecule has 0 bridgehead atoms. The SMILES string of the molecule is CCOC(=O)c1c(NC(=O)[C@H](C)N2CCCC2)sc2c1CCCC2. The first kappa shape index (κ1) is 17.4. The summed E-state index contributed by atoms with van der Waals surface area (Å²) in [4.78, 5) is 28.5. The number of fused-ring (bicyclic) bond motifs is 1. The van der Waals surface area contributed by atoms with Crippen LogP contribution in [0.1, 0.15) is 60.3 Å². The standard InChI is InChI=1S/C18H26N2O3S/c1-3-23-18(22)15-13-8-4-5-9-14(13)24-17(15)19-16(21)12(2)20-10-6-7-11-20/h12H,3-11H2,1-2H3,(H,19,21)/t12-/m0/s1. The van der Waals surface area contributed by atoms with Crippen LogP contribution in [-0.4, -0.2) is 42.5 Å². The molecule has 1 saturated heterocycles. The molecule has 1 aliphatic heterocycles. The second kappa shape index (κ2) is 7.66. The summed E-state index contributed by atoms with van der Waals surface area (Å²) in [5, 5.41) is 3.70. The van der Waals surface area contributed by atoms with Crippen LogP contribution in [0.5, 0.6) is 0 Å². The molecular formula is C18H26N2O3S. The molecule has 2 heterocycles. The van der Waals surface area contributed by atoms with Gasteiger partial charge < -0.3 is 10.1 Å². The van der Waals surface area contributed by atoms with Crippen molar-refractivity contribution >= 4 is 28.2 Å². The molecule has 1 fully saturated rings. The molecule has 2 aliphatic rings. The fourth-order valence-electron chi connectivity index (χ4n) is 3.58. The maximum atomic E-state index is 12.6. The number of aryl methyl sites for hydroxylation is 1. The number of esters is 1. The summed E-state index contributed by atoms with van der Waals surface area (Å²) in [5.74, 6) is -0.331. The van der Waals surface area contributed by atoms with Gasteiger partial charge in [0.15, 0.2) is 0 Å². The summed E-state index contributed by atoms with van der Waals surface area (Å²) in [6.45, 7) is 6.05. The van der Waals surface area contributed by atoms with Crippen molar-refractivity contribution in [1.82, 2.24) is 4.90 Å². The molecule has 6 heteroatoms. The number of likely N-dealkylation sites (tertiary alicyclic amines) is 1. The van der Waals surface area contributed by atoms with Crippen molar-refractivity contribution < 1.29 is 14.3 Å². The van der Waals surface area contributed by atoms with Crippen LogP contribution in [0, 0.1) is 0 Å². The summed E-state index contributed by atoms with van der Waals surface area (Å²) >= 11 is 1.55. The van der Waals surface area contributed by atoms with Crippen LogP contribution < -0.4 is 5.32 Å². The van der Waals surface area contributed by atoms with E-state index in [-0.39, 0.29) is 17.9 Å². The second-order valence-electron chi connectivity index (χ2n) is 6.54. The normalized spacial score (nSPS) is 18.9. The van der Waals surface area contributed by atoms with Crippen LogP contribution in [0.2, 0.25) is 0 Å². The molecule has 0 radical (unpaired) electrons. The van der Waals surface area contributed by atoms with E-state index in [0.717, 1.165) is 57.2 Å². The smallest absolute Gasteiger partial charge is 0.341 e. The molecule has 24 heavy (non-hydrogen) atoms. The van der Waals surface area contributed by atoms with Crippen molar-refractivity contribution in [3.05, 3.63) is 16.0 Å². The molecule has 0 unspecified atom stereocenters. The zero-order valence-electron chi connectivity index (χ0n) is 14.5. The minimum Gasteiger partial charge on any atom is -0.462 e.